The van der Waals surface area contributed by atoms with E-state index in [1.165, 1.54) is 0 Å². The predicted octanol–water partition coefficient (Wildman–Crippen LogP) is 6.37. The molecule has 1 N–H and O–H groups in total. The van der Waals surface area contributed by atoms with Crippen LogP contribution in [0, 0.1) is 13.8 Å². The van der Waals surface area contributed by atoms with Gasteiger partial charge < -0.3 is 15.0 Å². The molecule has 0 saturated heterocycles. The summed E-state index contributed by atoms with van der Waals surface area (Å²) < 4.78 is 7.91. The van der Waals surface area contributed by atoms with Crippen LogP contribution in [0.3, 0.4) is 0 Å². The van der Waals surface area contributed by atoms with Crippen LogP contribution in [0.15, 0.2) is 75.7 Å². The summed E-state index contributed by atoms with van der Waals surface area (Å²) in [6.45, 7) is 6.67. The van der Waals surface area contributed by atoms with Crippen LogP contribution in [0.4, 0.5) is 0 Å². The van der Waals surface area contributed by atoms with Gasteiger partial charge >= 0.3 is 0 Å². The summed E-state index contributed by atoms with van der Waals surface area (Å²) in [6.07, 6.45) is 1.23. The Hall–Kier alpha value is -2.64. The summed E-state index contributed by atoms with van der Waals surface area (Å²) in [5.74, 6) is 0.213. The first kappa shape index (κ1) is 27.9. The predicted molar refractivity (Wildman–Crippen MR) is 151 cm³/mol. The van der Waals surface area contributed by atoms with Crippen molar-refractivity contribution in [3.63, 3.8) is 0 Å². The van der Waals surface area contributed by atoms with Gasteiger partial charge in [-0.1, -0.05) is 81.2 Å². The monoisotopic (exact) mass is 614 g/mol. The molecule has 1 atom stereocenters. The number of carbonyl (C=O) groups excluding carboxylic acids is 2. The number of hydrogen-bond acceptors (Lipinski definition) is 3. The molecule has 7 heteroatoms. The van der Waals surface area contributed by atoms with Gasteiger partial charge in [-0.25, -0.2) is 0 Å². The quantitative estimate of drug-likeness (QED) is 0.273. The van der Waals surface area contributed by atoms with Gasteiger partial charge in [0.25, 0.3) is 5.91 Å². The number of ether oxygens (including phenoxy) is 1. The SMILES string of the molecule is CCCNC(=O)C(Cc1ccccc1)N(Cc1ccc(Br)cc1)C(=O)COc1cc(C)c(Br)c(C)c1. The van der Waals surface area contributed by atoms with Gasteiger partial charge in [-0.15, -0.1) is 0 Å². The first-order valence-electron chi connectivity index (χ1n) is 12.0. The maximum atomic E-state index is 13.6. The first-order valence-corrected chi connectivity index (χ1v) is 13.6. The van der Waals surface area contributed by atoms with Gasteiger partial charge in [-0.05, 0) is 66.8 Å². The molecule has 0 radical (unpaired) electrons. The number of nitrogens with zero attached hydrogens (tertiary/aromatic N) is 1. The highest BCUT2D eigenvalue weighted by Crippen LogP contribution is 2.26. The second kappa shape index (κ2) is 13.6. The zero-order chi connectivity index (χ0) is 26.1. The molecule has 3 aromatic carbocycles. The summed E-state index contributed by atoms with van der Waals surface area (Å²) in [5.41, 5.74) is 3.99. The number of nitrogens with one attached hydrogen (secondary N) is 1. The summed E-state index contributed by atoms with van der Waals surface area (Å²) >= 11 is 7.03. The maximum absolute atomic E-state index is 13.6. The Morgan fingerprint density at radius 1 is 0.944 bits per heavy atom. The first-order chi connectivity index (χ1) is 17.3. The molecular weight excluding hydrogens is 584 g/mol. The van der Waals surface area contributed by atoms with Crippen LogP contribution < -0.4 is 10.1 Å². The van der Waals surface area contributed by atoms with E-state index in [-0.39, 0.29) is 18.4 Å². The lowest BCUT2D eigenvalue weighted by Crippen LogP contribution is -2.51. The molecule has 0 aliphatic carbocycles. The molecule has 0 heterocycles. The average molecular weight is 616 g/mol. The number of halogens is 2. The highest BCUT2D eigenvalue weighted by atomic mass is 79.9. The zero-order valence-corrected chi connectivity index (χ0v) is 24.1. The highest BCUT2D eigenvalue weighted by molar-refractivity contribution is 9.10. The van der Waals surface area contributed by atoms with E-state index >= 15 is 0 Å². The number of carbonyl (C=O) groups is 2. The standard InChI is InChI=1S/C29H32Br2N2O3/c1-4-14-32-29(35)26(17-22-8-6-5-7-9-22)33(18-23-10-12-24(30)13-11-23)27(34)19-36-25-15-20(2)28(31)21(3)16-25/h5-13,15-16,26H,4,14,17-19H2,1-3H3,(H,32,35). The third-order valence-electron chi connectivity index (χ3n) is 5.86. The van der Waals surface area contributed by atoms with Crippen molar-refractivity contribution < 1.29 is 14.3 Å². The van der Waals surface area contributed by atoms with Gasteiger partial charge in [-0.2, -0.15) is 0 Å². The Morgan fingerprint density at radius 3 is 2.19 bits per heavy atom. The van der Waals surface area contributed by atoms with E-state index in [1.54, 1.807) is 4.90 Å². The normalized spacial score (nSPS) is 11.6. The van der Waals surface area contributed by atoms with E-state index < -0.39 is 6.04 Å². The molecule has 0 spiro atoms. The molecule has 190 valence electrons. The molecular formula is C29H32Br2N2O3. The van der Waals surface area contributed by atoms with Crippen LogP contribution in [0.2, 0.25) is 0 Å². The number of benzene rings is 3. The Bertz CT molecular complexity index is 1140. The number of amides is 2. The molecule has 3 rings (SSSR count). The van der Waals surface area contributed by atoms with Crippen molar-refractivity contribution in [3.05, 3.63) is 97.9 Å². The molecule has 0 aromatic heterocycles. The van der Waals surface area contributed by atoms with Gasteiger partial charge in [0.05, 0.1) is 0 Å². The Morgan fingerprint density at radius 2 is 1.58 bits per heavy atom. The lowest BCUT2D eigenvalue weighted by atomic mass is 10.0. The summed E-state index contributed by atoms with van der Waals surface area (Å²) in [5, 5.41) is 2.99. The summed E-state index contributed by atoms with van der Waals surface area (Å²) in [4.78, 5) is 28.6. The average Bonchev–Trinajstić information content (AvgIpc) is 2.88. The van der Waals surface area contributed by atoms with Gasteiger partial charge in [0.1, 0.15) is 11.8 Å². The van der Waals surface area contributed by atoms with Crippen molar-refractivity contribution in [1.29, 1.82) is 0 Å². The van der Waals surface area contributed by atoms with Crippen molar-refractivity contribution in [3.8, 4) is 5.75 Å². The highest BCUT2D eigenvalue weighted by Gasteiger charge is 2.30. The van der Waals surface area contributed by atoms with Crippen LogP contribution in [0.25, 0.3) is 0 Å². The fourth-order valence-corrected chi connectivity index (χ4v) is 4.42. The topological polar surface area (TPSA) is 58.6 Å². The minimum absolute atomic E-state index is 0.163. The Balaban J connectivity index is 1.90. The molecule has 0 fully saturated rings. The number of aryl methyl sites for hydroxylation is 2. The minimum Gasteiger partial charge on any atom is -0.484 e. The molecule has 5 nitrogen and oxygen atoms in total. The molecule has 3 aromatic rings. The fraction of sp³-hybridized carbons (Fsp3) is 0.310. The molecule has 1 unspecified atom stereocenters. The zero-order valence-electron chi connectivity index (χ0n) is 20.9. The molecule has 0 saturated carbocycles. The van der Waals surface area contributed by atoms with E-state index in [1.807, 2.05) is 87.5 Å². The van der Waals surface area contributed by atoms with Crippen LogP contribution in [0.1, 0.15) is 35.6 Å². The van der Waals surface area contributed by atoms with E-state index in [9.17, 15) is 9.59 Å². The van der Waals surface area contributed by atoms with Gasteiger partial charge in [0, 0.05) is 28.5 Å². The smallest absolute Gasteiger partial charge is 0.261 e. The van der Waals surface area contributed by atoms with Gasteiger partial charge in [0.15, 0.2) is 6.61 Å². The van der Waals surface area contributed by atoms with Crippen molar-refractivity contribution in [2.75, 3.05) is 13.2 Å². The summed E-state index contributed by atoms with van der Waals surface area (Å²) in [6, 6.07) is 20.7. The molecule has 2 amide bonds. The van der Waals surface area contributed by atoms with Crippen LogP contribution >= 0.6 is 31.9 Å². The second-order valence-electron chi connectivity index (χ2n) is 8.80. The maximum Gasteiger partial charge on any atom is 0.261 e. The Kier molecular flexibility index (Phi) is 10.6. The van der Waals surface area contributed by atoms with Crippen molar-refractivity contribution >= 4 is 43.7 Å². The van der Waals surface area contributed by atoms with E-state index in [2.05, 4.69) is 37.2 Å². The molecule has 0 aliphatic heterocycles. The van der Waals surface area contributed by atoms with Crippen molar-refractivity contribution in [1.82, 2.24) is 10.2 Å². The van der Waals surface area contributed by atoms with E-state index in [0.717, 1.165) is 37.6 Å². The number of rotatable bonds is 11. The van der Waals surface area contributed by atoms with Gasteiger partial charge in [-0.3, -0.25) is 9.59 Å². The van der Waals surface area contributed by atoms with Crippen LogP contribution in [-0.2, 0) is 22.6 Å². The van der Waals surface area contributed by atoms with Gasteiger partial charge in [0.2, 0.25) is 5.91 Å². The third-order valence-corrected chi connectivity index (χ3v) is 7.64. The van der Waals surface area contributed by atoms with Crippen molar-refractivity contribution in [2.24, 2.45) is 0 Å². The van der Waals surface area contributed by atoms with Crippen LogP contribution in [-0.4, -0.2) is 35.9 Å². The lowest BCUT2D eigenvalue weighted by Gasteiger charge is -2.31. The lowest BCUT2D eigenvalue weighted by molar-refractivity contribution is -0.142. The molecule has 0 aliphatic rings. The fourth-order valence-electron chi connectivity index (χ4n) is 3.92. The van der Waals surface area contributed by atoms with Crippen molar-refractivity contribution in [2.45, 2.75) is 46.2 Å². The molecule has 36 heavy (non-hydrogen) atoms. The largest absolute Gasteiger partial charge is 0.484 e. The molecule has 0 bridgehead atoms. The van der Waals surface area contributed by atoms with E-state index in [4.69, 9.17) is 4.74 Å². The summed E-state index contributed by atoms with van der Waals surface area (Å²) in [7, 11) is 0. The van der Waals surface area contributed by atoms with E-state index in [0.29, 0.717) is 25.3 Å². The Labute approximate surface area is 230 Å². The van der Waals surface area contributed by atoms with Crippen LogP contribution in [0.5, 0.6) is 5.75 Å². The third kappa shape index (κ3) is 7.93. The second-order valence-corrected chi connectivity index (χ2v) is 10.5. The minimum atomic E-state index is -0.674. The number of hydrogen-bond donors (Lipinski definition) is 1.